The Balaban J connectivity index is 2.18. The second kappa shape index (κ2) is 21.3. The highest BCUT2D eigenvalue weighted by Gasteiger charge is 2.32. The minimum Gasteiger partial charge on any atom is -0.462 e. The summed E-state index contributed by atoms with van der Waals surface area (Å²) in [4.78, 5) is 51.9. The SMILES string of the molecule is CCC(C)CCCCCOC(=O)c1c(Cl)c(Cl)cc(Cl)c1OC(=O)C(=O)Oc1c(Cl)cc(Cl)c(Cl)c1C(=O)OCCCCCC(C)CC. The van der Waals surface area contributed by atoms with Crippen LogP contribution in [0.15, 0.2) is 12.1 Å². The van der Waals surface area contributed by atoms with Gasteiger partial charge in [0.1, 0.15) is 11.1 Å². The van der Waals surface area contributed by atoms with Crippen LogP contribution in [0.25, 0.3) is 0 Å². The van der Waals surface area contributed by atoms with E-state index in [0.717, 1.165) is 63.5 Å². The van der Waals surface area contributed by atoms with Crippen LogP contribution in [0, 0.1) is 11.8 Å². The first kappa shape index (κ1) is 42.2. The smallest absolute Gasteiger partial charge is 0.423 e. The molecule has 0 saturated carbocycles. The minimum absolute atomic E-state index is 0.0575. The zero-order chi connectivity index (χ0) is 36.0. The van der Waals surface area contributed by atoms with E-state index in [1.54, 1.807) is 0 Å². The maximum atomic E-state index is 13.0. The molecule has 266 valence electrons. The highest BCUT2D eigenvalue weighted by atomic mass is 35.5. The Labute approximate surface area is 311 Å². The lowest BCUT2D eigenvalue weighted by atomic mass is 10.0. The first-order chi connectivity index (χ1) is 22.7. The van der Waals surface area contributed by atoms with Gasteiger partial charge in [-0.05, 0) is 36.8 Å². The zero-order valence-corrected chi connectivity index (χ0v) is 31.9. The van der Waals surface area contributed by atoms with E-state index in [0.29, 0.717) is 24.7 Å². The molecule has 48 heavy (non-hydrogen) atoms. The molecule has 14 heteroatoms. The Morgan fingerprint density at radius 1 is 0.562 bits per heavy atom. The third-order valence-corrected chi connectivity index (χ3v) is 9.90. The van der Waals surface area contributed by atoms with E-state index in [1.807, 2.05) is 0 Å². The van der Waals surface area contributed by atoms with Crippen molar-refractivity contribution < 1.29 is 38.1 Å². The lowest BCUT2D eigenvalue weighted by Crippen LogP contribution is -2.27. The fourth-order valence-corrected chi connectivity index (χ4v) is 5.85. The van der Waals surface area contributed by atoms with Crippen LogP contribution in [0.5, 0.6) is 11.5 Å². The number of halogens is 6. The summed E-state index contributed by atoms with van der Waals surface area (Å²) in [7, 11) is 0. The van der Waals surface area contributed by atoms with E-state index in [-0.39, 0.29) is 43.3 Å². The van der Waals surface area contributed by atoms with Gasteiger partial charge in [0.2, 0.25) is 0 Å². The molecule has 2 rings (SSSR count). The average Bonchev–Trinajstić information content (AvgIpc) is 3.04. The van der Waals surface area contributed by atoms with Crippen LogP contribution in [0.4, 0.5) is 0 Å². The van der Waals surface area contributed by atoms with Crippen molar-refractivity contribution in [3.8, 4) is 11.5 Å². The first-order valence-electron chi connectivity index (χ1n) is 15.9. The largest absolute Gasteiger partial charge is 0.462 e. The van der Waals surface area contributed by atoms with Crippen molar-refractivity contribution in [2.45, 2.75) is 91.9 Å². The fraction of sp³-hybridized carbons (Fsp3) is 0.529. The van der Waals surface area contributed by atoms with Gasteiger partial charge in [0.15, 0.2) is 11.5 Å². The maximum absolute atomic E-state index is 13.0. The second-order valence-electron chi connectivity index (χ2n) is 11.5. The van der Waals surface area contributed by atoms with Gasteiger partial charge >= 0.3 is 23.9 Å². The van der Waals surface area contributed by atoms with Crippen molar-refractivity contribution in [2.24, 2.45) is 11.8 Å². The zero-order valence-electron chi connectivity index (χ0n) is 27.3. The average molecular weight is 789 g/mol. The van der Waals surface area contributed by atoms with Gasteiger partial charge in [-0.25, -0.2) is 19.2 Å². The van der Waals surface area contributed by atoms with Gasteiger partial charge in [-0.2, -0.15) is 0 Å². The minimum atomic E-state index is -1.64. The van der Waals surface area contributed by atoms with Crippen molar-refractivity contribution in [2.75, 3.05) is 13.2 Å². The number of esters is 4. The number of rotatable bonds is 18. The second-order valence-corrected chi connectivity index (χ2v) is 13.9. The molecule has 0 aliphatic heterocycles. The number of hydrogen-bond donors (Lipinski definition) is 0. The normalized spacial score (nSPS) is 12.3. The van der Waals surface area contributed by atoms with Crippen LogP contribution in [0.1, 0.15) is 113 Å². The molecule has 0 amide bonds. The molecule has 0 fully saturated rings. The monoisotopic (exact) mass is 786 g/mol. The Kier molecular flexibility index (Phi) is 18.8. The number of carbonyl (C=O) groups excluding carboxylic acids is 4. The highest BCUT2D eigenvalue weighted by Crippen LogP contribution is 2.41. The van der Waals surface area contributed by atoms with E-state index in [2.05, 4.69) is 27.7 Å². The lowest BCUT2D eigenvalue weighted by Gasteiger charge is -2.16. The van der Waals surface area contributed by atoms with Gasteiger partial charge < -0.3 is 18.9 Å². The number of hydrogen-bond acceptors (Lipinski definition) is 8. The van der Waals surface area contributed by atoms with Gasteiger partial charge in [-0.1, -0.05) is 149 Å². The Hall–Kier alpha value is -1.94. The van der Waals surface area contributed by atoms with Crippen molar-refractivity contribution in [3.05, 3.63) is 53.4 Å². The van der Waals surface area contributed by atoms with E-state index >= 15 is 0 Å². The van der Waals surface area contributed by atoms with Gasteiger partial charge in [0.05, 0.1) is 43.3 Å². The predicted molar refractivity (Wildman–Crippen MR) is 191 cm³/mol. The summed E-state index contributed by atoms with van der Waals surface area (Å²) in [5, 5.41) is -1.48. The molecule has 2 unspecified atom stereocenters. The molecule has 2 aromatic carbocycles. The molecule has 2 atom stereocenters. The van der Waals surface area contributed by atoms with E-state index in [4.69, 9.17) is 88.6 Å². The van der Waals surface area contributed by atoms with Crippen LogP contribution < -0.4 is 9.47 Å². The number of carbonyl (C=O) groups is 4. The van der Waals surface area contributed by atoms with Crippen molar-refractivity contribution in [3.63, 3.8) is 0 Å². The number of unbranched alkanes of at least 4 members (excludes halogenated alkanes) is 4. The molecular formula is C34H40Cl6O8. The molecule has 0 bridgehead atoms. The van der Waals surface area contributed by atoms with Crippen molar-refractivity contribution in [1.29, 1.82) is 0 Å². The van der Waals surface area contributed by atoms with E-state index in [1.165, 1.54) is 0 Å². The summed E-state index contributed by atoms with van der Waals surface area (Å²) in [5.41, 5.74) is -0.924. The molecule has 0 N–H and O–H groups in total. The summed E-state index contributed by atoms with van der Waals surface area (Å²) in [5.74, 6) is -5.17. The Bertz CT molecular complexity index is 1340. The van der Waals surface area contributed by atoms with E-state index in [9.17, 15) is 19.2 Å². The van der Waals surface area contributed by atoms with Crippen LogP contribution in [-0.4, -0.2) is 37.1 Å². The van der Waals surface area contributed by atoms with Crippen LogP contribution in [0.2, 0.25) is 30.1 Å². The predicted octanol–water partition coefficient (Wildman–Crippen LogP) is 11.6. The van der Waals surface area contributed by atoms with Gasteiger partial charge in [0.25, 0.3) is 0 Å². The Morgan fingerprint density at radius 3 is 1.25 bits per heavy atom. The van der Waals surface area contributed by atoms with Crippen LogP contribution in [0.3, 0.4) is 0 Å². The summed E-state index contributed by atoms with van der Waals surface area (Å²) in [6, 6.07) is 2.25. The fourth-order valence-electron chi connectivity index (χ4n) is 4.42. The number of ether oxygens (including phenoxy) is 4. The summed E-state index contributed by atoms with van der Waals surface area (Å²) >= 11 is 37.3. The molecule has 2 aromatic rings. The maximum Gasteiger partial charge on any atom is 0.423 e. The molecule has 0 saturated heterocycles. The van der Waals surface area contributed by atoms with Gasteiger partial charge in [-0.3, -0.25) is 0 Å². The quantitative estimate of drug-likeness (QED) is 0.0483. The molecule has 0 radical (unpaired) electrons. The topological polar surface area (TPSA) is 105 Å². The standard InChI is InChI=1S/C34H40Cl6O8/c1-5-19(3)13-9-7-11-15-45-31(41)25-27(39)21(35)17-23(37)29(25)47-33(43)34(44)48-30-24(38)18-22(36)28(40)26(30)32(42)46-16-12-8-10-14-20(4)6-2/h17-20H,5-16H2,1-4H3. The molecule has 0 aliphatic rings. The molecule has 0 heterocycles. The van der Waals surface area contributed by atoms with E-state index < -0.39 is 46.5 Å². The highest BCUT2D eigenvalue weighted by molar-refractivity contribution is 6.47. The lowest BCUT2D eigenvalue weighted by molar-refractivity contribution is -0.156. The summed E-state index contributed by atoms with van der Waals surface area (Å²) in [6.45, 7) is 8.72. The summed E-state index contributed by atoms with van der Waals surface area (Å²) < 4.78 is 21.0. The number of benzene rings is 2. The third kappa shape index (κ3) is 12.7. The molecule has 0 aromatic heterocycles. The van der Waals surface area contributed by atoms with Crippen LogP contribution in [-0.2, 0) is 19.1 Å². The Morgan fingerprint density at radius 2 is 0.917 bits per heavy atom. The summed E-state index contributed by atoms with van der Waals surface area (Å²) in [6.07, 6.45) is 9.09. The van der Waals surface area contributed by atoms with Gasteiger partial charge in [0, 0.05) is 0 Å². The van der Waals surface area contributed by atoms with Gasteiger partial charge in [-0.15, -0.1) is 0 Å². The van der Waals surface area contributed by atoms with Crippen molar-refractivity contribution in [1.82, 2.24) is 0 Å². The third-order valence-electron chi connectivity index (χ3n) is 7.76. The molecule has 8 nitrogen and oxygen atoms in total. The van der Waals surface area contributed by atoms with Crippen LogP contribution >= 0.6 is 69.6 Å². The first-order valence-corrected chi connectivity index (χ1v) is 18.1. The molecule has 0 aliphatic carbocycles. The molecular weight excluding hydrogens is 749 g/mol. The molecule has 0 spiro atoms. The van der Waals surface area contributed by atoms with Crippen molar-refractivity contribution >= 4 is 93.5 Å².